The van der Waals surface area contributed by atoms with Crippen LogP contribution >= 0.6 is 0 Å². The highest BCUT2D eigenvalue weighted by Crippen LogP contribution is 2.31. The van der Waals surface area contributed by atoms with E-state index in [0.29, 0.717) is 17.4 Å². The van der Waals surface area contributed by atoms with Crippen molar-refractivity contribution in [1.29, 1.82) is 0 Å². The minimum absolute atomic E-state index is 0.363. The molecule has 0 aromatic heterocycles. The SMILES string of the molecule is CN(C)S(=O)(=O)N(C)CCCCC(CCCCCCC(C)(C)C)CC(C)(C)C. The summed E-state index contributed by atoms with van der Waals surface area (Å²) in [5.41, 5.74) is 0.823. The van der Waals surface area contributed by atoms with Gasteiger partial charge >= 0.3 is 0 Å². The van der Waals surface area contributed by atoms with Crippen molar-refractivity contribution in [2.45, 2.75) is 106 Å². The first-order valence-electron chi connectivity index (χ1n) is 11.3. The van der Waals surface area contributed by atoms with Crippen molar-refractivity contribution in [3.8, 4) is 0 Å². The van der Waals surface area contributed by atoms with Crippen LogP contribution in [0, 0.1) is 16.7 Å². The molecule has 5 heteroatoms. The molecule has 0 aromatic rings. The fourth-order valence-corrected chi connectivity index (χ4v) is 4.74. The molecular weight excluding hydrogens is 368 g/mol. The van der Waals surface area contributed by atoms with E-state index in [1.165, 1.54) is 60.0 Å². The van der Waals surface area contributed by atoms with E-state index in [-0.39, 0.29) is 0 Å². The molecular formula is C23H50N2O2S. The topological polar surface area (TPSA) is 40.6 Å². The van der Waals surface area contributed by atoms with Crippen molar-refractivity contribution in [2.75, 3.05) is 27.7 Å². The maximum atomic E-state index is 12.1. The van der Waals surface area contributed by atoms with E-state index < -0.39 is 10.2 Å². The van der Waals surface area contributed by atoms with E-state index in [4.69, 9.17) is 0 Å². The molecule has 0 bridgehead atoms. The van der Waals surface area contributed by atoms with Crippen LogP contribution in [0.1, 0.15) is 106 Å². The van der Waals surface area contributed by atoms with Crippen LogP contribution in [0.3, 0.4) is 0 Å². The Labute approximate surface area is 177 Å². The molecule has 1 unspecified atom stereocenters. The summed E-state index contributed by atoms with van der Waals surface area (Å²) in [6.45, 7) is 14.6. The second kappa shape index (κ2) is 12.5. The van der Waals surface area contributed by atoms with Crippen LogP contribution in [0.25, 0.3) is 0 Å². The molecule has 28 heavy (non-hydrogen) atoms. The van der Waals surface area contributed by atoms with Crippen LogP contribution in [0.5, 0.6) is 0 Å². The van der Waals surface area contributed by atoms with Crippen molar-refractivity contribution in [2.24, 2.45) is 16.7 Å². The third-order valence-corrected chi connectivity index (χ3v) is 7.27. The third kappa shape index (κ3) is 13.9. The minimum atomic E-state index is -3.27. The van der Waals surface area contributed by atoms with Gasteiger partial charge in [0.1, 0.15) is 0 Å². The fourth-order valence-electron chi connectivity index (χ4n) is 3.82. The first kappa shape index (κ1) is 27.9. The Morgan fingerprint density at radius 2 is 1.21 bits per heavy atom. The van der Waals surface area contributed by atoms with Crippen LogP contribution in [-0.2, 0) is 10.2 Å². The Balaban J connectivity index is 4.26. The zero-order valence-electron chi connectivity index (χ0n) is 20.5. The zero-order valence-corrected chi connectivity index (χ0v) is 21.3. The summed E-state index contributed by atoms with van der Waals surface area (Å²) < 4.78 is 26.9. The molecule has 170 valence electrons. The largest absolute Gasteiger partial charge is 0.281 e. The van der Waals surface area contributed by atoms with Gasteiger partial charge in [0, 0.05) is 27.7 Å². The Hall–Kier alpha value is -0.130. The minimum Gasteiger partial charge on any atom is -0.195 e. The summed E-state index contributed by atoms with van der Waals surface area (Å²) >= 11 is 0. The van der Waals surface area contributed by atoms with Crippen LogP contribution in [0.4, 0.5) is 0 Å². The molecule has 0 aliphatic carbocycles. The zero-order chi connectivity index (χ0) is 22.0. The predicted octanol–water partition coefficient (Wildman–Crippen LogP) is 6.33. The van der Waals surface area contributed by atoms with E-state index in [0.717, 1.165) is 18.8 Å². The molecule has 0 spiro atoms. The van der Waals surface area contributed by atoms with Crippen molar-refractivity contribution < 1.29 is 8.42 Å². The highest BCUT2D eigenvalue weighted by atomic mass is 32.2. The van der Waals surface area contributed by atoms with Crippen LogP contribution in [0.2, 0.25) is 0 Å². The summed E-state index contributed by atoms with van der Waals surface area (Å²) in [5, 5.41) is 0. The average molecular weight is 419 g/mol. The fraction of sp³-hybridized carbons (Fsp3) is 1.00. The maximum Gasteiger partial charge on any atom is 0.281 e. The van der Waals surface area contributed by atoms with Gasteiger partial charge in [0.15, 0.2) is 0 Å². The van der Waals surface area contributed by atoms with Gasteiger partial charge in [0.2, 0.25) is 0 Å². The molecule has 0 amide bonds. The van der Waals surface area contributed by atoms with Gasteiger partial charge in [-0.25, -0.2) is 0 Å². The Bertz CT molecular complexity index is 502. The average Bonchev–Trinajstić information content (AvgIpc) is 2.51. The summed E-state index contributed by atoms with van der Waals surface area (Å²) in [6, 6.07) is 0. The second-order valence-electron chi connectivity index (χ2n) is 11.3. The standard InChI is InChI=1S/C23H50N2O2S/c1-22(2,3)18-14-11-10-12-16-21(20-23(4,5)6)17-13-15-19-25(9)28(26,27)24(7)8/h21H,10-20H2,1-9H3. The summed E-state index contributed by atoms with van der Waals surface area (Å²) in [4.78, 5) is 0. The quantitative estimate of drug-likeness (QED) is 0.309. The molecule has 0 rings (SSSR count). The number of unbranched alkanes of at least 4 members (excludes halogenated alkanes) is 4. The lowest BCUT2D eigenvalue weighted by atomic mass is 9.80. The molecule has 0 aromatic carbocycles. The Kier molecular flexibility index (Phi) is 12.5. The second-order valence-corrected chi connectivity index (χ2v) is 13.5. The van der Waals surface area contributed by atoms with E-state index in [9.17, 15) is 8.42 Å². The molecule has 0 saturated heterocycles. The van der Waals surface area contributed by atoms with Crippen molar-refractivity contribution in [3.63, 3.8) is 0 Å². The number of nitrogens with zero attached hydrogens (tertiary/aromatic N) is 2. The molecule has 0 aliphatic heterocycles. The predicted molar refractivity (Wildman–Crippen MR) is 124 cm³/mol. The molecule has 0 fully saturated rings. The summed E-state index contributed by atoms with van der Waals surface area (Å²) in [5.74, 6) is 0.762. The van der Waals surface area contributed by atoms with Gasteiger partial charge in [-0.3, -0.25) is 0 Å². The van der Waals surface area contributed by atoms with Crippen molar-refractivity contribution in [1.82, 2.24) is 8.61 Å². The normalized spacial score (nSPS) is 14.8. The molecule has 0 heterocycles. The first-order chi connectivity index (χ1) is 12.6. The lowest BCUT2D eigenvalue weighted by Gasteiger charge is -2.27. The van der Waals surface area contributed by atoms with E-state index >= 15 is 0 Å². The Morgan fingerprint density at radius 1 is 0.714 bits per heavy atom. The van der Waals surface area contributed by atoms with E-state index in [2.05, 4.69) is 41.5 Å². The Morgan fingerprint density at radius 3 is 1.68 bits per heavy atom. The van der Waals surface area contributed by atoms with Crippen molar-refractivity contribution in [3.05, 3.63) is 0 Å². The number of hydrogen-bond acceptors (Lipinski definition) is 2. The monoisotopic (exact) mass is 418 g/mol. The lowest BCUT2D eigenvalue weighted by molar-refractivity contribution is 0.258. The lowest BCUT2D eigenvalue weighted by Crippen LogP contribution is -2.37. The van der Waals surface area contributed by atoms with Crippen LogP contribution in [-0.4, -0.2) is 44.7 Å². The smallest absolute Gasteiger partial charge is 0.195 e. The molecule has 0 N–H and O–H groups in total. The van der Waals surface area contributed by atoms with Gasteiger partial charge in [-0.1, -0.05) is 86.5 Å². The molecule has 1 atom stereocenters. The maximum absolute atomic E-state index is 12.1. The van der Waals surface area contributed by atoms with Gasteiger partial charge in [-0.15, -0.1) is 0 Å². The highest BCUT2D eigenvalue weighted by Gasteiger charge is 2.21. The van der Waals surface area contributed by atoms with E-state index in [1.54, 1.807) is 21.1 Å². The highest BCUT2D eigenvalue weighted by molar-refractivity contribution is 7.86. The summed E-state index contributed by atoms with van der Waals surface area (Å²) in [7, 11) is 1.59. The molecule has 4 nitrogen and oxygen atoms in total. The van der Waals surface area contributed by atoms with Gasteiger partial charge in [0.25, 0.3) is 10.2 Å². The number of hydrogen-bond donors (Lipinski definition) is 0. The van der Waals surface area contributed by atoms with Gasteiger partial charge in [0.05, 0.1) is 0 Å². The molecule has 0 saturated carbocycles. The van der Waals surface area contributed by atoms with Crippen molar-refractivity contribution >= 4 is 10.2 Å². The molecule has 0 radical (unpaired) electrons. The van der Waals surface area contributed by atoms with E-state index in [1.807, 2.05) is 0 Å². The van der Waals surface area contributed by atoms with Crippen LogP contribution in [0.15, 0.2) is 0 Å². The van der Waals surface area contributed by atoms with Crippen LogP contribution < -0.4 is 0 Å². The first-order valence-corrected chi connectivity index (χ1v) is 12.7. The third-order valence-electron chi connectivity index (χ3n) is 5.38. The number of rotatable bonds is 14. The van der Waals surface area contributed by atoms with Gasteiger partial charge in [-0.05, 0) is 36.0 Å². The van der Waals surface area contributed by atoms with Gasteiger partial charge < -0.3 is 0 Å². The molecule has 0 aliphatic rings. The summed E-state index contributed by atoms with van der Waals surface area (Å²) in [6.07, 6.45) is 12.6. The van der Waals surface area contributed by atoms with Gasteiger partial charge in [-0.2, -0.15) is 17.0 Å².